The molecule has 25 heavy (non-hydrogen) atoms. The lowest BCUT2D eigenvalue weighted by molar-refractivity contribution is 0.0772. The SMILES string of the molecule is CCN(CC)C(=O)c1cnc(C2CCCNC2)c(-c2ncccn2)c1. The highest BCUT2D eigenvalue weighted by molar-refractivity contribution is 5.95. The number of pyridine rings is 1. The standard InChI is InChI=1S/C19H25N5O/c1-3-24(4-2)19(25)15-11-16(18-21-9-6-10-22-18)17(23-13-15)14-7-5-8-20-12-14/h6,9-11,13-14,20H,3-5,7-8,12H2,1-2H3. The summed E-state index contributed by atoms with van der Waals surface area (Å²) in [5, 5.41) is 3.43. The number of piperidine rings is 1. The van der Waals surface area contributed by atoms with Gasteiger partial charge < -0.3 is 10.2 Å². The Labute approximate surface area is 148 Å². The van der Waals surface area contributed by atoms with E-state index in [9.17, 15) is 4.79 Å². The Morgan fingerprint density at radius 1 is 1.24 bits per heavy atom. The highest BCUT2D eigenvalue weighted by Crippen LogP contribution is 2.30. The molecule has 3 heterocycles. The molecule has 0 bridgehead atoms. The minimum atomic E-state index is 0.00278. The first kappa shape index (κ1) is 17.5. The molecule has 1 N–H and O–H groups in total. The summed E-state index contributed by atoms with van der Waals surface area (Å²) in [6.07, 6.45) is 7.37. The van der Waals surface area contributed by atoms with Crippen molar-refractivity contribution in [2.75, 3.05) is 26.2 Å². The summed E-state index contributed by atoms with van der Waals surface area (Å²) in [5.41, 5.74) is 2.44. The Morgan fingerprint density at radius 2 is 2.00 bits per heavy atom. The molecule has 1 saturated heterocycles. The molecule has 2 aromatic heterocycles. The average molecular weight is 339 g/mol. The Balaban J connectivity index is 2.03. The first-order chi connectivity index (χ1) is 12.2. The van der Waals surface area contributed by atoms with Crippen LogP contribution in [0.4, 0.5) is 0 Å². The molecule has 1 atom stereocenters. The van der Waals surface area contributed by atoms with Crippen LogP contribution < -0.4 is 5.32 Å². The van der Waals surface area contributed by atoms with E-state index < -0.39 is 0 Å². The van der Waals surface area contributed by atoms with Crippen molar-refractivity contribution in [2.24, 2.45) is 0 Å². The molecule has 2 aromatic rings. The van der Waals surface area contributed by atoms with Gasteiger partial charge in [-0.2, -0.15) is 0 Å². The van der Waals surface area contributed by atoms with Gasteiger partial charge in [0.25, 0.3) is 5.91 Å². The van der Waals surface area contributed by atoms with Gasteiger partial charge in [-0.05, 0) is 45.4 Å². The van der Waals surface area contributed by atoms with Crippen LogP contribution in [0.2, 0.25) is 0 Å². The second-order valence-corrected chi connectivity index (χ2v) is 6.25. The summed E-state index contributed by atoms with van der Waals surface area (Å²) < 4.78 is 0. The maximum atomic E-state index is 12.7. The van der Waals surface area contributed by atoms with E-state index in [4.69, 9.17) is 0 Å². The second kappa shape index (κ2) is 8.16. The van der Waals surface area contributed by atoms with E-state index in [0.717, 1.165) is 37.2 Å². The third-order valence-corrected chi connectivity index (χ3v) is 4.71. The normalized spacial score (nSPS) is 17.3. The zero-order valence-electron chi connectivity index (χ0n) is 14.9. The van der Waals surface area contributed by atoms with Crippen molar-refractivity contribution in [1.29, 1.82) is 0 Å². The monoisotopic (exact) mass is 339 g/mol. The summed E-state index contributed by atoms with van der Waals surface area (Å²) in [5.74, 6) is 0.956. The van der Waals surface area contributed by atoms with Crippen LogP contribution in [0.3, 0.4) is 0 Å². The molecule has 1 aliphatic rings. The molecule has 1 amide bonds. The highest BCUT2D eigenvalue weighted by Gasteiger charge is 2.23. The van der Waals surface area contributed by atoms with Gasteiger partial charge >= 0.3 is 0 Å². The fourth-order valence-electron chi connectivity index (χ4n) is 3.31. The van der Waals surface area contributed by atoms with Crippen LogP contribution in [0.15, 0.2) is 30.7 Å². The highest BCUT2D eigenvalue weighted by atomic mass is 16.2. The zero-order valence-corrected chi connectivity index (χ0v) is 14.9. The lowest BCUT2D eigenvalue weighted by atomic mass is 9.91. The van der Waals surface area contributed by atoms with E-state index in [1.165, 1.54) is 0 Å². The van der Waals surface area contributed by atoms with Crippen LogP contribution in [-0.4, -0.2) is 51.9 Å². The number of carbonyl (C=O) groups is 1. The van der Waals surface area contributed by atoms with Crippen molar-refractivity contribution >= 4 is 5.91 Å². The number of hydrogen-bond donors (Lipinski definition) is 1. The molecule has 6 nitrogen and oxygen atoms in total. The summed E-state index contributed by atoms with van der Waals surface area (Å²) in [7, 11) is 0. The van der Waals surface area contributed by atoms with Crippen molar-refractivity contribution in [3.63, 3.8) is 0 Å². The quantitative estimate of drug-likeness (QED) is 0.906. The van der Waals surface area contributed by atoms with E-state index in [1.807, 2.05) is 19.9 Å². The zero-order chi connectivity index (χ0) is 17.6. The van der Waals surface area contributed by atoms with Crippen molar-refractivity contribution in [1.82, 2.24) is 25.2 Å². The van der Waals surface area contributed by atoms with E-state index in [2.05, 4.69) is 20.3 Å². The van der Waals surface area contributed by atoms with E-state index >= 15 is 0 Å². The van der Waals surface area contributed by atoms with Crippen LogP contribution >= 0.6 is 0 Å². The Hall–Kier alpha value is -2.34. The molecule has 3 rings (SSSR count). The molecule has 6 heteroatoms. The Morgan fingerprint density at radius 3 is 2.64 bits per heavy atom. The number of nitrogens with zero attached hydrogens (tertiary/aromatic N) is 4. The van der Waals surface area contributed by atoms with Crippen LogP contribution in [0.5, 0.6) is 0 Å². The lowest BCUT2D eigenvalue weighted by Gasteiger charge is -2.25. The largest absolute Gasteiger partial charge is 0.339 e. The number of nitrogens with one attached hydrogen (secondary N) is 1. The summed E-state index contributed by atoms with van der Waals surface area (Å²) in [4.78, 5) is 28.0. The second-order valence-electron chi connectivity index (χ2n) is 6.25. The van der Waals surface area contributed by atoms with Crippen LogP contribution in [0, 0.1) is 0 Å². The summed E-state index contributed by atoms with van der Waals surface area (Å²) in [6.45, 7) is 7.28. The van der Waals surface area contributed by atoms with Gasteiger partial charge in [0.2, 0.25) is 0 Å². The Bertz CT molecular complexity index is 709. The van der Waals surface area contributed by atoms with Gasteiger partial charge in [-0.15, -0.1) is 0 Å². The number of rotatable bonds is 5. The number of carbonyl (C=O) groups excluding carboxylic acids is 1. The molecule has 0 radical (unpaired) electrons. The number of aromatic nitrogens is 3. The van der Waals surface area contributed by atoms with Crippen molar-refractivity contribution < 1.29 is 4.79 Å². The van der Waals surface area contributed by atoms with Crippen LogP contribution in [0.25, 0.3) is 11.4 Å². The van der Waals surface area contributed by atoms with Crippen molar-refractivity contribution in [3.05, 3.63) is 42.0 Å². The van der Waals surface area contributed by atoms with Gasteiger partial charge in [0.05, 0.1) is 11.3 Å². The van der Waals surface area contributed by atoms with Crippen LogP contribution in [0.1, 0.15) is 48.7 Å². The maximum Gasteiger partial charge on any atom is 0.255 e. The predicted octanol–water partition coefficient (Wildman–Crippen LogP) is 2.49. The number of hydrogen-bond acceptors (Lipinski definition) is 5. The minimum absolute atomic E-state index is 0.00278. The smallest absolute Gasteiger partial charge is 0.255 e. The van der Waals surface area contributed by atoms with E-state index in [0.29, 0.717) is 30.4 Å². The molecule has 0 spiro atoms. The molecule has 0 aromatic carbocycles. The van der Waals surface area contributed by atoms with Gasteiger partial charge in [0.1, 0.15) is 0 Å². The fraction of sp³-hybridized carbons (Fsp3) is 0.474. The molecule has 132 valence electrons. The molecular formula is C19H25N5O. The van der Waals surface area contributed by atoms with Gasteiger partial charge in [-0.25, -0.2) is 9.97 Å². The van der Waals surface area contributed by atoms with Crippen molar-refractivity contribution in [3.8, 4) is 11.4 Å². The number of amides is 1. The average Bonchev–Trinajstić information content (AvgIpc) is 2.69. The first-order valence-electron chi connectivity index (χ1n) is 9.01. The van der Waals surface area contributed by atoms with Crippen LogP contribution in [-0.2, 0) is 0 Å². The van der Waals surface area contributed by atoms with Gasteiger partial charge in [-0.3, -0.25) is 9.78 Å². The molecule has 1 unspecified atom stereocenters. The topological polar surface area (TPSA) is 71.0 Å². The van der Waals surface area contributed by atoms with Gasteiger partial charge in [-0.1, -0.05) is 0 Å². The fourth-order valence-corrected chi connectivity index (χ4v) is 3.31. The molecule has 1 aliphatic heterocycles. The first-order valence-corrected chi connectivity index (χ1v) is 9.01. The van der Waals surface area contributed by atoms with E-state index in [-0.39, 0.29) is 5.91 Å². The predicted molar refractivity (Wildman–Crippen MR) is 97.4 cm³/mol. The Kier molecular flexibility index (Phi) is 5.71. The third kappa shape index (κ3) is 3.85. The maximum absolute atomic E-state index is 12.7. The molecule has 1 fully saturated rings. The van der Waals surface area contributed by atoms with Crippen molar-refractivity contribution in [2.45, 2.75) is 32.6 Å². The summed E-state index contributed by atoms with van der Waals surface area (Å²) in [6, 6.07) is 3.70. The van der Waals surface area contributed by atoms with E-state index in [1.54, 1.807) is 29.6 Å². The summed E-state index contributed by atoms with van der Waals surface area (Å²) >= 11 is 0. The van der Waals surface area contributed by atoms with Gasteiger partial charge in [0, 0.05) is 49.7 Å². The minimum Gasteiger partial charge on any atom is -0.339 e. The molecular weight excluding hydrogens is 314 g/mol. The third-order valence-electron chi connectivity index (χ3n) is 4.71. The lowest BCUT2D eigenvalue weighted by Crippen LogP contribution is -2.31. The van der Waals surface area contributed by atoms with Gasteiger partial charge in [0.15, 0.2) is 5.82 Å². The molecule has 0 aliphatic carbocycles. The molecule has 0 saturated carbocycles.